The molecule has 2 aromatic heterocycles. The molecule has 0 amide bonds. The van der Waals surface area contributed by atoms with Gasteiger partial charge in [-0.25, -0.2) is 18.0 Å². The number of anilines is 1. The second kappa shape index (κ2) is 11.3. The summed E-state index contributed by atoms with van der Waals surface area (Å²) >= 11 is 3.58. The number of aromatic nitrogens is 2. The highest BCUT2D eigenvalue weighted by Crippen LogP contribution is 2.47. The summed E-state index contributed by atoms with van der Waals surface area (Å²) in [6, 6.07) is 31.6. The van der Waals surface area contributed by atoms with Gasteiger partial charge >= 0.3 is 0 Å². The van der Waals surface area contributed by atoms with Crippen LogP contribution in [0.5, 0.6) is 0 Å². The molecule has 0 spiro atoms. The van der Waals surface area contributed by atoms with Gasteiger partial charge in [-0.05, 0) is 67.1 Å². The molecule has 0 bridgehead atoms. The van der Waals surface area contributed by atoms with Crippen molar-refractivity contribution in [2.24, 2.45) is 7.05 Å². The number of thiazole rings is 1. The fraction of sp³-hybridized carbons (Fsp3) is 0.0909. The van der Waals surface area contributed by atoms with Gasteiger partial charge in [0.1, 0.15) is 22.2 Å². The van der Waals surface area contributed by atoms with E-state index in [1.807, 2.05) is 24.8 Å². The molecule has 42 heavy (non-hydrogen) atoms. The molecule has 1 aliphatic heterocycles. The number of benzene rings is 4. The maximum absolute atomic E-state index is 10.4. The summed E-state index contributed by atoms with van der Waals surface area (Å²) in [4.78, 5) is 8.21. The van der Waals surface area contributed by atoms with Gasteiger partial charge in [0.2, 0.25) is 5.52 Å². The van der Waals surface area contributed by atoms with E-state index in [-0.39, 0.29) is 4.90 Å². The third-order valence-electron chi connectivity index (χ3n) is 7.07. The van der Waals surface area contributed by atoms with Crippen LogP contribution < -0.4 is 9.47 Å². The van der Waals surface area contributed by atoms with Gasteiger partial charge in [0.15, 0.2) is 6.20 Å². The van der Waals surface area contributed by atoms with E-state index in [0.717, 1.165) is 16.1 Å². The molecule has 0 aliphatic carbocycles. The topological polar surface area (TPSA) is 77.2 Å². The average molecular weight is 610 g/mol. The van der Waals surface area contributed by atoms with Gasteiger partial charge < -0.3 is 9.45 Å². The third-order valence-corrected chi connectivity index (χ3v) is 10.2. The second-order valence-electron chi connectivity index (χ2n) is 9.98. The van der Waals surface area contributed by atoms with Crippen molar-refractivity contribution in [3.05, 3.63) is 119 Å². The minimum absolute atomic E-state index is 0.178. The van der Waals surface area contributed by atoms with Crippen molar-refractivity contribution >= 4 is 66.1 Å². The molecule has 0 radical (unpaired) electrons. The Morgan fingerprint density at radius 3 is 2.43 bits per heavy atom. The first-order chi connectivity index (χ1) is 20.2. The van der Waals surface area contributed by atoms with Crippen LogP contribution in [0, 0.1) is 6.92 Å². The quantitative estimate of drug-likeness (QED) is 0.154. The smallest absolute Gasteiger partial charge is 0.212 e. The van der Waals surface area contributed by atoms with E-state index in [2.05, 4.69) is 103 Å². The van der Waals surface area contributed by atoms with Gasteiger partial charge in [0.05, 0.1) is 31.2 Å². The summed E-state index contributed by atoms with van der Waals surface area (Å²) in [5, 5.41) is 3.57. The van der Waals surface area contributed by atoms with E-state index in [4.69, 9.17) is 4.98 Å². The summed E-state index contributed by atoms with van der Waals surface area (Å²) in [7, 11) is -0.0312. The summed E-state index contributed by atoms with van der Waals surface area (Å²) in [5.41, 5.74) is 6.89. The molecule has 6 nitrogen and oxygen atoms in total. The molecule has 3 heterocycles. The Bertz CT molecular complexity index is 2050. The lowest BCUT2D eigenvalue weighted by Gasteiger charge is -2.14. The van der Waals surface area contributed by atoms with Crippen LogP contribution >= 0.6 is 23.1 Å². The molecule has 0 saturated heterocycles. The van der Waals surface area contributed by atoms with Crippen LogP contribution in [0.25, 0.3) is 37.8 Å². The summed E-state index contributed by atoms with van der Waals surface area (Å²) in [5.74, 6) is 0. The minimum Gasteiger partial charge on any atom is -0.744 e. The highest BCUT2D eigenvalue weighted by atomic mass is 32.2. The number of pyridine rings is 1. The van der Waals surface area contributed by atoms with Gasteiger partial charge in [-0.2, -0.15) is 0 Å². The molecule has 4 aromatic carbocycles. The lowest BCUT2D eigenvalue weighted by atomic mass is 10.1. The van der Waals surface area contributed by atoms with Gasteiger partial charge in [0.25, 0.3) is 0 Å². The molecule has 0 saturated carbocycles. The first kappa shape index (κ1) is 28.1. The maximum Gasteiger partial charge on any atom is 0.212 e. The Morgan fingerprint density at radius 2 is 1.67 bits per heavy atom. The Kier molecular flexibility index (Phi) is 7.59. The number of aryl methyl sites for hydroxylation is 2. The Labute approximate surface area is 253 Å². The van der Waals surface area contributed by atoms with Crippen molar-refractivity contribution in [2.75, 3.05) is 11.9 Å². The first-order valence-corrected chi connectivity index (χ1v) is 16.2. The van der Waals surface area contributed by atoms with Crippen molar-refractivity contribution in [3.8, 4) is 10.6 Å². The molecule has 6 aromatic rings. The molecule has 0 atom stereocenters. The molecule has 210 valence electrons. The van der Waals surface area contributed by atoms with Gasteiger partial charge in [-0.1, -0.05) is 53.7 Å². The fourth-order valence-electron chi connectivity index (χ4n) is 4.78. The Hall–Kier alpha value is -4.02. The second-order valence-corrected chi connectivity index (χ2v) is 13.5. The van der Waals surface area contributed by atoms with E-state index in [1.54, 1.807) is 23.5 Å². The van der Waals surface area contributed by atoms with Crippen LogP contribution in [0.15, 0.2) is 118 Å². The van der Waals surface area contributed by atoms with Crippen molar-refractivity contribution < 1.29 is 17.5 Å². The van der Waals surface area contributed by atoms with Crippen LogP contribution in [0.1, 0.15) is 11.1 Å². The van der Waals surface area contributed by atoms with Crippen LogP contribution in [-0.4, -0.2) is 25.0 Å². The number of hydrogen-bond acceptors (Lipinski definition) is 7. The SMILES string of the molecule is CN1/C(=C/c2cc[n+](C)c3ccccc23)Sc2cc(-c3nc4ccccc4s3)ccc21.Cc1ccc(S(=O)(=O)[O-])cc1. The van der Waals surface area contributed by atoms with Crippen molar-refractivity contribution in [1.29, 1.82) is 0 Å². The normalized spacial score (nSPS) is 13.8. The van der Waals surface area contributed by atoms with Crippen LogP contribution in [-0.2, 0) is 17.2 Å². The molecular formula is C33H27N3O3S3. The van der Waals surface area contributed by atoms with Crippen LogP contribution in [0.2, 0.25) is 0 Å². The zero-order chi connectivity index (χ0) is 29.4. The minimum atomic E-state index is -4.27. The van der Waals surface area contributed by atoms with Gasteiger partial charge in [-0.15, -0.1) is 11.3 Å². The molecule has 0 unspecified atom stereocenters. The standard InChI is InChI=1S/C26H20N3S2.C7H8O3S/c1-28-14-13-17(19-7-3-5-9-21(19)28)16-25-29(2)22-12-11-18(15-24(22)30-25)26-27-20-8-4-6-10-23(20)31-26;1-6-2-4-7(5-3-6)11(8,9)10/h3-16H,1-2H3;2-5H,1H3,(H,8,9,10)/q+1;/p-1. The monoisotopic (exact) mass is 609 g/mol. The third kappa shape index (κ3) is 5.69. The molecule has 1 aliphatic rings. The summed E-state index contributed by atoms with van der Waals surface area (Å²) in [6.45, 7) is 1.82. The van der Waals surface area contributed by atoms with E-state index >= 15 is 0 Å². The number of rotatable bonds is 3. The van der Waals surface area contributed by atoms with E-state index in [9.17, 15) is 13.0 Å². The largest absolute Gasteiger partial charge is 0.744 e. The highest BCUT2D eigenvalue weighted by Gasteiger charge is 2.23. The number of thioether (sulfide) groups is 1. The molecule has 9 heteroatoms. The number of nitrogens with zero attached hydrogens (tertiary/aromatic N) is 3. The van der Waals surface area contributed by atoms with E-state index < -0.39 is 10.1 Å². The molecular weight excluding hydrogens is 583 g/mol. The number of hydrogen-bond donors (Lipinski definition) is 0. The predicted octanol–water partition coefficient (Wildman–Crippen LogP) is 7.38. The lowest BCUT2D eigenvalue weighted by Crippen LogP contribution is -2.28. The number of fused-ring (bicyclic) bond motifs is 3. The van der Waals surface area contributed by atoms with Crippen LogP contribution in [0.4, 0.5) is 5.69 Å². The van der Waals surface area contributed by atoms with Crippen LogP contribution in [0.3, 0.4) is 0 Å². The Morgan fingerprint density at radius 1 is 0.929 bits per heavy atom. The van der Waals surface area contributed by atoms with Crippen molar-refractivity contribution in [3.63, 3.8) is 0 Å². The van der Waals surface area contributed by atoms with Gasteiger partial charge in [0, 0.05) is 29.6 Å². The predicted molar refractivity (Wildman–Crippen MR) is 172 cm³/mol. The average Bonchev–Trinajstić information content (AvgIpc) is 3.55. The fourth-order valence-corrected chi connectivity index (χ4v) is 7.35. The molecule has 0 fully saturated rings. The Balaban J connectivity index is 0.000000244. The zero-order valence-electron chi connectivity index (χ0n) is 23.2. The van der Waals surface area contributed by atoms with Gasteiger partial charge in [-0.3, -0.25) is 0 Å². The van der Waals surface area contributed by atoms with Crippen molar-refractivity contribution in [2.45, 2.75) is 16.7 Å². The summed E-state index contributed by atoms with van der Waals surface area (Å²) < 4.78 is 34.6. The van der Waals surface area contributed by atoms with E-state index in [0.29, 0.717) is 0 Å². The first-order valence-electron chi connectivity index (χ1n) is 13.2. The number of para-hydroxylation sites is 2. The molecule has 7 rings (SSSR count). The zero-order valence-corrected chi connectivity index (χ0v) is 25.6. The molecule has 0 N–H and O–H groups in total. The lowest BCUT2D eigenvalue weighted by molar-refractivity contribution is -0.644. The maximum atomic E-state index is 10.4. The van der Waals surface area contributed by atoms with Crippen molar-refractivity contribution in [1.82, 2.24) is 4.98 Å². The summed E-state index contributed by atoms with van der Waals surface area (Å²) in [6.07, 6.45) is 4.43. The van der Waals surface area contributed by atoms with E-state index in [1.165, 1.54) is 54.5 Å². The highest BCUT2D eigenvalue weighted by molar-refractivity contribution is 8.03.